The summed E-state index contributed by atoms with van der Waals surface area (Å²) in [5.74, 6) is 0.569. The molecule has 2 rings (SSSR count). The molecule has 1 fully saturated rings. The molecule has 1 amide bonds. The van der Waals surface area contributed by atoms with Gasteiger partial charge in [0.1, 0.15) is 5.75 Å². The third kappa shape index (κ3) is 9.19. The molecule has 0 aliphatic heterocycles. The van der Waals surface area contributed by atoms with Crippen LogP contribution in [-0.4, -0.2) is 61.8 Å². The third-order valence-electron chi connectivity index (χ3n) is 5.73. The largest absolute Gasteiger partial charge is 0.415 e. The van der Waals surface area contributed by atoms with Crippen LogP contribution < -0.4 is 4.74 Å². The first-order valence-corrected chi connectivity index (χ1v) is 11.9. The van der Waals surface area contributed by atoms with Gasteiger partial charge in [-0.05, 0) is 76.4 Å². The Morgan fingerprint density at radius 3 is 2.43 bits per heavy atom. The van der Waals surface area contributed by atoms with E-state index in [2.05, 4.69) is 34.5 Å². The molecule has 0 N–H and O–H groups in total. The lowest BCUT2D eigenvalue weighted by Gasteiger charge is -2.34. The molecule has 0 unspecified atom stereocenters. The van der Waals surface area contributed by atoms with E-state index in [4.69, 9.17) is 9.47 Å². The van der Waals surface area contributed by atoms with Gasteiger partial charge in [0.2, 0.25) is 0 Å². The number of carbonyl (C=O) groups excluding carboxylic acids is 1. The van der Waals surface area contributed by atoms with Crippen molar-refractivity contribution in [2.75, 3.05) is 33.8 Å². The standard InChI is InChI=1S/C24H37BrN2O3/c1-4-17-26(2)18-7-5-6-8-19-29-22-15-11-21(12-16-22)27(3)24(28)30-23-13-9-20(25)10-14-23/h4,9-10,13-14,21-22H,1,5-8,11-12,15-19H2,2-3H3/t21-,22-. The molecule has 1 aliphatic rings. The molecular formula is C24H37BrN2O3. The second kappa shape index (κ2) is 13.8. The number of unbranched alkanes of at least 4 members (excludes halogenated alkanes) is 3. The second-order valence-corrected chi connectivity index (χ2v) is 9.11. The molecule has 0 radical (unpaired) electrons. The molecule has 168 valence electrons. The third-order valence-corrected chi connectivity index (χ3v) is 6.26. The normalized spacial score (nSPS) is 18.9. The molecule has 0 bridgehead atoms. The lowest BCUT2D eigenvalue weighted by Crippen LogP contribution is -2.42. The second-order valence-electron chi connectivity index (χ2n) is 8.20. The first-order chi connectivity index (χ1) is 14.5. The van der Waals surface area contributed by atoms with Crippen LogP contribution in [0.25, 0.3) is 0 Å². The molecule has 0 heterocycles. The summed E-state index contributed by atoms with van der Waals surface area (Å²) in [5, 5.41) is 0. The number of likely N-dealkylation sites (N-methyl/N-ethyl adjacent to an activating group) is 1. The quantitative estimate of drug-likeness (QED) is 0.276. The molecule has 5 nitrogen and oxygen atoms in total. The molecule has 1 aromatic carbocycles. The van der Waals surface area contributed by atoms with Crippen LogP contribution in [0.4, 0.5) is 4.79 Å². The van der Waals surface area contributed by atoms with Gasteiger partial charge in [-0.15, -0.1) is 6.58 Å². The summed E-state index contributed by atoms with van der Waals surface area (Å²) in [6.07, 6.45) is 10.8. The Morgan fingerprint density at radius 2 is 1.77 bits per heavy atom. The van der Waals surface area contributed by atoms with E-state index in [0.29, 0.717) is 11.9 Å². The highest BCUT2D eigenvalue weighted by Gasteiger charge is 2.27. The van der Waals surface area contributed by atoms with E-state index in [1.807, 2.05) is 25.3 Å². The molecule has 30 heavy (non-hydrogen) atoms. The van der Waals surface area contributed by atoms with Gasteiger partial charge in [-0.3, -0.25) is 0 Å². The van der Waals surface area contributed by atoms with Crippen LogP contribution in [0.3, 0.4) is 0 Å². The zero-order valence-corrected chi connectivity index (χ0v) is 20.1. The van der Waals surface area contributed by atoms with E-state index < -0.39 is 0 Å². The number of hydrogen-bond acceptors (Lipinski definition) is 4. The smallest absolute Gasteiger partial charge is 0.410 e. The average molecular weight is 481 g/mol. The Balaban J connectivity index is 1.55. The van der Waals surface area contributed by atoms with Crippen LogP contribution in [0.1, 0.15) is 51.4 Å². The van der Waals surface area contributed by atoms with Crippen molar-refractivity contribution < 1.29 is 14.3 Å². The molecule has 1 aliphatic carbocycles. The van der Waals surface area contributed by atoms with E-state index in [1.54, 1.807) is 17.0 Å². The maximum atomic E-state index is 12.4. The van der Waals surface area contributed by atoms with Crippen molar-refractivity contribution >= 4 is 22.0 Å². The van der Waals surface area contributed by atoms with Gasteiger partial charge in [-0.25, -0.2) is 4.79 Å². The molecule has 1 saturated carbocycles. The predicted molar refractivity (Wildman–Crippen MR) is 126 cm³/mol. The molecule has 0 aromatic heterocycles. The molecule has 1 aromatic rings. The van der Waals surface area contributed by atoms with Crippen LogP contribution >= 0.6 is 15.9 Å². The summed E-state index contributed by atoms with van der Waals surface area (Å²) >= 11 is 3.38. The van der Waals surface area contributed by atoms with Gasteiger partial charge in [0.05, 0.1) is 6.10 Å². The van der Waals surface area contributed by atoms with Crippen molar-refractivity contribution in [3.05, 3.63) is 41.4 Å². The Labute approximate surface area is 190 Å². The zero-order valence-electron chi connectivity index (χ0n) is 18.5. The van der Waals surface area contributed by atoms with E-state index in [-0.39, 0.29) is 12.1 Å². The van der Waals surface area contributed by atoms with Crippen LogP contribution in [0, 0.1) is 0 Å². The highest BCUT2D eigenvalue weighted by atomic mass is 79.9. The van der Waals surface area contributed by atoms with Crippen LogP contribution in [0.5, 0.6) is 5.75 Å². The van der Waals surface area contributed by atoms with Crippen molar-refractivity contribution in [1.29, 1.82) is 0 Å². The SMILES string of the molecule is C=CCN(C)CCCCCCO[C@H]1CC[C@H](N(C)C(=O)Oc2ccc(Br)cc2)CC1. The molecule has 0 spiro atoms. The maximum Gasteiger partial charge on any atom is 0.415 e. The Kier molecular flexibility index (Phi) is 11.5. The fourth-order valence-electron chi connectivity index (χ4n) is 3.82. The van der Waals surface area contributed by atoms with E-state index in [9.17, 15) is 4.79 Å². The fourth-order valence-corrected chi connectivity index (χ4v) is 4.09. The number of ether oxygens (including phenoxy) is 2. The van der Waals surface area contributed by atoms with E-state index >= 15 is 0 Å². The molecule has 0 saturated heterocycles. The first-order valence-electron chi connectivity index (χ1n) is 11.1. The fraction of sp³-hybridized carbons (Fsp3) is 0.625. The number of benzene rings is 1. The van der Waals surface area contributed by atoms with Gasteiger partial charge in [-0.2, -0.15) is 0 Å². The van der Waals surface area contributed by atoms with Gasteiger partial charge >= 0.3 is 6.09 Å². The zero-order chi connectivity index (χ0) is 21.8. The first kappa shape index (κ1) is 24.9. The molecular weight excluding hydrogens is 444 g/mol. The van der Waals surface area contributed by atoms with Crippen molar-refractivity contribution in [1.82, 2.24) is 9.80 Å². The minimum absolute atomic E-state index is 0.223. The summed E-state index contributed by atoms with van der Waals surface area (Å²) < 4.78 is 12.5. The van der Waals surface area contributed by atoms with Crippen LogP contribution in [-0.2, 0) is 4.74 Å². The number of nitrogens with zero attached hydrogens (tertiary/aromatic N) is 2. The highest BCUT2D eigenvalue weighted by molar-refractivity contribution is 9.10. The Bertz CT molecular complexity index is 630. The summed E-state index contributed by atoms with van der Waals surface area (Å²) in [7, 11) is 3.97. The van der Waals surface area contributed by atoms with Crippen molar-refractivity contribution in [2.45, 2.75) is 63.5 Å². The van der Waals surface area contributed by atoms with Crippen molar-refractivity contribution in [3.8, 4) is 5.75 Å². The number of amides is 1. The Hall–Kier alpha value is -1.37. The van der Waals surface area contributed by atoms with Crippen molar-refractivity contribution in [2.24, 2.45) is 0 Å². The molecule has 6 heteroatoms. The van der Waals surface area contributed by atoms with Gasteiger partial charge < -0.3 is 19.3 Å². The lowest BCUT2D eigenvalue weighted by molar-refractivity contribution is 0.0104. The van der Waals surface area contributed by atoms with Gasteiger partial charge in [0.25, 0.3) is 0 Å². The monoisotopic (exact) mass is 480 g/mol. The summed E-state index contributed by atoms with van der Waals surface area (Å²) in [6.45, 7) is 6.71. The number of hydrogen-bond donors (Lipinski definition) is 0. The average Bonchev–Trinajstić information content (AvgIpc) is 2.74. The number of rotatable bonds is 12. The minimum Gasteiger partial charge on any atom is -0.410 e. The van der Waals surface area contributed by atoms with Crippen LogP contribution in [0.15, 0.2) is 41.4 Å². The van der Waals surface area contributed by atoms with Gasteiger partial charge in [0, 0.05) is 30.7 Å². The lowest BCUT2D eigenvalue weighted by atomic mass is 9.92. The van der Waals surface area contributed by atoms with Crippen molar-refractivity contribution in [3.63, 3.8) is 0 Å². The Morgan fingerprint density at radius 1 is 1.10 bits per heavy atom. The molecule has 0 atom stereocenters. The summed E-state index contributed by atoms with van der Waals surface area (Å²) in [5.41, 5.74) is 0. The van der Waals surface area contributed by atoms with Gasteiger partial charge in [-0.1, -0.05) is 34.8 Å². The highest BCUT2D eigenvalue weighted by Crippen LogP contribution is 2.26. The minimum atomic E-state index is -0.291. The predicted octanol–water partition coefficient (Wildman–Crippen LogP) is 5.89. The maximum absolute atomic E-state index is 12.4. The topological polar surface area (TPSA) is 42.0 Å². The van der Waals surface area contributed by atoms with E-state index in [0.717, 1.165) is 56.3 Å². The van der Waals surface area contributed by atoms with Crippen LogP contribution in [0.2, 0.25) is 0 Å². The van der Waals surface area contributed by atoms with Gasteiger partial charge in [0.15, 0.2) is 0 Å². The number of halogens is 1. The summed E-state index contributed by atoms with van der Waals surface area (Å²) in [4.78, 5) is 16.4. The summed E-state index contributed by atoms with van der Waals surface area (Å²) in [6, 6.07) is 7.54. The van der Waals surface area contributed by atoms with E-state index in [1.165, 1.54) is 19.3 Å². The number of carbonyl (C=O) groups is 1.